The van der Waals surface area contributed by atoms with E-state index in [9.17, 15) is 0 Å². The zero-order valence-corrected chi connectivity index (χ0v) is 14.4. The van der Waals surface area contributed by atoms with Gasteiger partial charge in [-0.3, -0.25) is 5.41 Å². The maximum absolute atomic E-state index is 8.45. The lowest BCUT2D eigenvalue weighted by Crippen LogP contribution is -2.33. The first-order valence-corrected chi connectivity index (χ1v) is 9.46. The Bertz CT molecular complexity index is 781. The van der Waals surface area contributed by atoms with Crippen LogP contribution in [-0.4, -0.2) is 11.5 Å². The second-order valence-electron chi connectivity index (χ2n) is 6.50. The smallest absolute Gasteiger partial charge is 0.216 e. The van der Waals surface area contributed by atoms with Gasteiger partial charge in [-0.15, -0.1) is 11.3 Å². The minimum absolute atomic E-state index is 0.292. The minimum atomic E-state index is -0.292. The predicted octanol–water partition coefficient (Wildman–Crippen LogP) is 5.93. The van der Waals surface area contributed by atoms with Crippen LogP contribution in [0.1, 0.15) is 42.5 Å². The van der Waals surface area contributed by atoms with E-state index in [1.807, 2.05) is 12.1 Å². The van der Waals surface area contributed by atoms with E-state index >= 15 is 0 Å². The second-order valence-corrected chi connectivity index (χ2v) is 7.44. The van der Waals surface area contributed by atoms with Gasteiger partial charge < -0.3 is 4.74 Å². The summed E-state index contributed by atoms with van der Waals surface area (Å²) in [5.74, 6) is 0.340. The molecule has 2 nitrogen and oxygen atoms in total. The molecule has 2 aromatic rings. The van der Waals surface area contributed by atoms with Crippen molar-refractivity contribution in [3.63, 3.8) is 0 Å². The third-order valence-corrected chi connectivity index (χ3v) is 5.84. The van der Waals surface area contributed by atoms with Crippen molar-refractivity contribution in [2.45, 2.75) is 37.7 Å². The van der Waals surface area contributed by atoms with Crippen molar-refractivity contribution in [2.75, 3.05) is 0 Å². The molecule has 122 valence electrons. The molecule has 1 saturated carbocycles. The molecule has 0 radical (unpaired) electrons. The van der Waals surface area contributed by atoms with Crippen molar-refractivity contribution < 1.29 is 4.74 Å². The van der Waals surface area contributed by atoms with Gasteiger partial charge in [0.1, 0.15) is 5.60 Å². The van der Waals surface area contributed by atoms with E-state index in [-0.39, 0.29) is 5.60 Å². The van der Waals surface area contributed by atoms with Gasteiger partial charge in [0, 0.05) is 10.5 Å². The fourth-order valence-electron chi connectivity index (χ4n) is 3.79. The summed E-state index contributed by atoms with van der Waals surface area (Å²) in [7, 11) is 0. The van der Waals surface area contributed by atoms with E-state index in [1.165, 1.54) is 30.4 Å². The Kier molecular flexibility index (Phi) is 4.11. The Morgan fingerprint density at radius 2 is 1.75 bits per heavy atom. The average Bonchev–Trinajstić information content (AvgIpc) is 3.21. The number of ether oxygens (including phenoxy) is 1. The zero-order chi connectivity index (χ0) is 16.4. The maximum Gasteiger partial charge on any atom is 0.216 e. The summed E-state index contributed by atoms with van der Waals surface area (Å²) in [6, 6.07) is 14.5. The van der Waals surface area contributed by atoms with Crippen LogP contribution in [0.5, 0.6) is 0 Å². The number of hydrogen-bond donors (Lipinski definition) is 1. The van der Waals surface area contributed by atoms with E-state index in [0.29, 0.717) is 5.90 Å². The molecule has 1 aromatic heterocycles. The van der Waals surface area contributed by atoms with Gasteiger partial charge in [-0.2, -0.15) is 0 Å². The fourth-order valence-corrected chi connectivity index (χ4v) is 4.57. The van der Waals surface area contributed by atoms with Gasteiger partial charge in [0.15, 0.2) is 0 Å². The number of nitrogens with one attached hydrogen (secondary N) is 1. The van der Waals surface area contributed by atoms with Gasteiger partial charge in [-0.1, -0.05) is 55.0 Å². The highest BCUT2D eigenvalue weighted by molar-refractivity contribution is 7.11. The molecule has 1 aliphatic heterocycles. The number of thiophene rings is 1. The summed E-state index contributed by atoms with van der Waals surface area (Å²) in [4.78, 5) is 1.13. The first kappa shape index (κ1) is 15.4. The van der Waals surface area contributed by atoms with Crippen LogP contribution in [-0.2, 0) is 4.74 Å². The SMILES string of the molecule is N=C1OC2(CCCCC2)C(/C=C/c2ccccc2)=C1c1cccs1. The van der Waals surface area contributed by atoms with Crippen molar-refractivity contribution in [2.24, 2.45) is 0 Å². The summed E-state index contributed by atoms with van der Waals surface area (Å²) in [5, 5.41) is 10.5. The molecular formula is C21H21NOS. The standard InChI is InChI=1S/C21H21NOS/c22-20-19(18-10-7-15-24-18)17(12-11-16-8-3-1-4-9-16)21(23-20)13-5-2-6-14-21/h1,3-4,7-12,15,22H,2,5-6,13-14H2/b12-11+,22-20?. The molecule has 0 unspecified atom stereocenters. The molecule has 1 aromatic carbocycles. The summed E-state index contributed by atoms with van der Waals surface area (Å²) < 4.78 is 6.19. The van der Waals surface area contributed by atoms with Crippen LogP contribution in [0.4, 0.5) is 0 Å². The van der Waals surface area contributed by atoms with Gasteiger partial charge in [-0.05, 0) is 42.7 Å². The highest BCUT2D eigenvalue weighted by atomic mass is 32.1. The Hall–Kier alpha value is -2.13. The maximum atomic E-state index is 8.45. The van der Waals surface area contributed by atoms with Crippen molar-refractivity contribution in [1.82, 2.24) is 0 Å². The van der Waals surface area contributed by atoms with Crippen LogP contribution in [0.2, 0.25) is 0 Å². The molecular weight excluding hydrogens is 314 g/mol. The molecule has 4 rings (SSSR count). The van der Waals surface area contributed by atoms with Crippen LogP contribution < -0.4 is 0 Å². The average molecular weight is 335 g/mol. The molecule has 1 N–H and O–H groups in total. The third-order valence-electron chi connectivity index (χ3n) is 4.96. The van der Waals surface area contributed by atoms with E-state index in [0.717, 1.165) is 23.3 Å². The molecule has 0 saturated heterocycles. The summed E-state index contributed by atoms with van der Waals surface area (Å²) in [6.07, 6.45) is 9.99. The molecule has 1 spiro atoms. The minimum Gasteiger partial charge on any atom is -0.466 e. The Labute approximate surface area is 147 Å². The summed E-state index contributed by atoms with van der Waals surface area (Å²) >= 11 is 1.68. The fraction of sp³-hybridized carbons (Fsp3) is 0.286. The lowest BCUT2D eigenvalue weighted by Gasteiger charge is -2.34. The van der Waals surface area contributed by atoms with Crippen molar-refractivity contribution in [3.8, 4) is 0 Å². The Balaban J connectivity index is 1.80. The molecule has 3 heteroatoms. The molecule has 0 amide bonds. The molecule has 2 heterocycles. The van der Waals surface area contributed by atoms with Gasteiger partial charge in [0.05, 0.1) is 5.57 Å². The highest BCUT2D eigenvalue weighted by Crippen LogP contribution is 2.48. The summed E-state index contributed by atoms with van der Waals surface area (Å²) in [5.41, 5.74) is 3.07. The monoisotopic (exact) mass is 335 g/mol. The van der Waals surface area contributed by atoms with Crippen molar-refractivity contribution in [1.29, 1.82) is 5.41 Å². The van der Waals surface area contributed by atoms with Gasteiger partial charge in [0.25, 0.3) is 0 Å². The predicted molar refractivity (Wildman–Crippen MR) is 101 cm³/mol. The normalized spacial score (nSPS) is 20.1. The molecule has 1 aliphatic carbocycles. The Morgan fingerprint density at radius 3 is 2.46 bits per heavy atom. The quantitative estimate of drug-likeness (QED) is 0.741. The number of benzene rings is 1. The largest absolute Gasteiger partial charge is 0.466 e. The van der Waals surface area contributed by atoms with Crippen LogP contribution >= 0.6 is 11.3 Å². The first-order chi connectivity index (χ1) is 11.8. The van der Waals surface area contributed by atoms with E-state index in [4.69, 9.17) is 10.1 Å². The van der Waals surface area contributed by atoms with Crippen LogP contribution in [0.15, 0.2) is 59.5 Å². The van der Waals surface area contributed by atoms with Gasteiger partial charge in [0.2, 0.25) is 5.90 Å². The van der Waals surface area contributed by atoms with Crippen LogP contribution in [0, 0.1) is 5.41 Å². The molecule has 2 aliphatic rings. The molecule has 1 fully saturated rings. The second kappa shape index (κ2) is 6.40. The first-order valence-electron chi connectivity index (χ1n) is 8.58. The molecule has 0 bridgehead atoms. The highest BCUT2D eigenvalue weighted by Gasteiger charge is 2.45. The van der Waals surface area contributed by atoms with Gasteiger partial charge in [-0.25, -0.2) is 0 Å². The Morgan fingerprint density at radius 1 is 0.958 bits per heavy atom. The number of hydrogen-bond acceptors (Lipinski definition) is 3. The zero-order valence-electron chi connectivity index (χ0n) is 13.6. The van der Waals surface area contributed by atoms with Crippen molar-refractivity contribution >= 4 is 28.9 Å². The topological polar surface area (TPSA) is 33.1 Å². The van der Waals surface area contributed by atoms with Crippen LogP contribution in [0.25, 0.3) is 11.6 Å². The van der Waals surface area contributed by atoms with E-state index in [1.54, 1.807) is 11.3 Å². The van der Waals surface area contributed by atoms with E-state index < -0.39 is 0 Å². The van der Waals surface area contributed by atoms with Gasteiger partial charge >= 0.3 is 0 Å². The molecule has 0 atom stereocenters. The molecule has 24 heavy (non-hydrogen) atoms. The lowest BCUT2D eigenvalue weighted by atomic mass is 9.78. The number of rotatable bonds is 3. The van der Waals surface area contributed by atoms with Crippen LogP contribution in [0.3, 0.4) is 0 Å². The summed E-state index contributed by atoms with van der Waals surface area (Å²) in [6.45, 7) is 0. The third kappa shape index (κ3) is 2.73. The van der Waals surface area contributed by atoms with Crippen molar-refractivity contribution in [3.05, 3.63) is 69.9 Å². The van der Waals surface area contributed by atoms with E-state index in [2.05, 4.69) is 47.9 Å². The lowest BCUT2D eigenvalue weighted by molar-refractivity contribution is 0.0679.